The Morgan fingerprint density at radius 3 is 2.48 bits per heavy atom. The summed E-state index contributed by atoms with van der Waals surface area (Å²) in [5.74, 6) is 1.34. The lowest BCUT2D eigenvalue weighted by atomic mass is 9.80. The highest BCUT2D eigenvalue weighted by Crippen LogP contribution is 2.32. The fourth-order valence-corrected chi connectivity index (χ4v) is 4.04. The molecule has 0 amide bonds. The summed E-state index contributed by atoms with van der Waals surface area (Å²) in [6.45, 7) is 4.26. The molecule has 27 heavy (non-hydrogen) atoms. The number of hydrogen-bond donors (Lipinski definition) is 0. The molecule has 1 unspecified atom stereocenters. The zero-order valence-corrected chi connectivity index (χ0v) is 16.8. The van der Waals surface area contributed by atoms with E-state index >= 15 is 0 Å². The number of ether oxygens (including phenoxy) is 1. The van der Waals surface area contributed by atoms with E-state index in [1.54, 1.807) is 0 Å². The monoisotopic (exact) mass is 364 g/mol. The lowest BCUT2D eigenvalue weighted by Gasteiger charge is -2.25. The quantitative estimate of drug-likeness (QED) is 0.294. The molecule has 0 heterocycles. The summed E-state index contributed by atoms with van der Waals surface area (Å²) >= 11 is 0. The first-order valence-electron chi connectivity index (χ1n) is 10.6. The van der Waals surface area contributed by atoms with Gasteiger partial charge in [-0.15, -0.1) is 0 Å². The van der Waals surface area contributed by atoms with Gasteiger partial charge in [0.1, 0.15) is 5.75 Å². The molecule has 0 fully saturated rings. The molecular weight excluding hydrogens is 332 g/mol. The minimum absolute atomic E-state index is 0.160. The van der Waals surface area contributed by atoms with E-state index in [2.05, 4.69) is 25.1 Å². The molecule has 0 aromatic heterocycles. The van der Waals surface area contributed by atoms with E-state index in [9.17, 15) is 4.79 Å². The van der Waals surface area contributed by atoms with Gasteiger partial charge in [-0.3, -0.25) is 4.79 Å². The van der Waals surface area contributed by atoms with E-state index < -0.39 is 0 Å². The first-order valence-corrected chi connectivity index (χ1v) is 10.6. The largest absolute Gasteiger partial charge is 0.427 e. The van der Waals surface area contributed by atoms with Crippen molar-refractivity contribution in [3.63, 3.8) is 0 Å². The van der Waals surface area contributed by atoms with Gasteiger partial charge < -0.3 is 4.74 Å². The van der Waals surface area contributed by atoms with Gasteiger partial charge in [-0.1, -0.05) is 69.9 Å². The highest BCUT2D eigenvalue weighted by atomic mass is 16.5. The molecule has 0 bridgehead atoms. The molecule has 0 saturated carbocycles. The van der Waals surface area contributed by atoms with Gasteiger partial charge in [-0.2, -0.15) is 0 Å². The molecule has 1 atom stereocenters. The van der Waals surface area contributed by atoms with Crippen LogP contribution in [0.3, 0.4) is 0 Å². The highest BCUT2D eigenvalue weighted by molar-refractivity contribution is 5.73. The zero-order chi connectivity index (χ0) is 19.1. The van der Waals surface area contributed by atoms with Gasteiger partial charge >= 0.3 is 5.97 Å². The number of benzene rings is 2. The minimum atomic E-state index is -0.160. The SMILES string of the molecule is CCCCCC1CCc2cc(-c3ccc(OC(=O)CCC)cc3)ccc2C1. The number of rotatable bonds is 8. The van der Waals surface area contributed by atoms with E-state index in [1.807, 2.05) is 31.2 Å². The Kier molecular flexibility index (Phi) is 7.09. The van der Waals surface area contributed by atoms with E-state index in [0.29, 0.717) is 12.2 Å². The Labute approximate surface area is 164 Å². The normalized spacial score (nSPS) is 16.0. The van der Waals surface area contributed by atoms with Crippen molar-refractivity contribution in [2.75, 3.05) is 0 Å². The summed E-state index contributed by atoms with van der Waals surface area (Å²) in [6.07, 6.45) is 10.5. The third kappa shape index (κ3) is 5.45. The molecule has 2 aromatic carbocycles. The molecule has 0 saturated heterocycles. The second kappa shape index (κ2) is 9.73. The second-order valence-corrected chi connectivity index (χ2v) is 7.84. The maximum absolute atomic E-state index is 11.6. The zero-order valence-electron chi connectivity index (χ0n) is 16.8. The predicted molar refractivity (Wildman–Crippen MR) is 112 cm³/mol. The van der Waals surface area contributed by atoms with Gasteiger partial charge in [0, 0.05) is 6.42 Å². The van der Waals surface area contributed by atoms with Crippen LogP contribution in [0, 0.1) is 5.92 Å². The fourth-order valence-electron chi connectivity index (χ4n) is 4.04. The molecule has 2 nitrogen and oxygen atoms in total. The number of hydrogen-bond acceptors (Lipinski definition) is 2. The van der Waals surface area contributed by atoms with Crippen LogP contribution in [0.4, 0.5) is 0 Å². The van der Waals surface area contributed by atoms with Gasteiger partial charge in [-0.05, 0) is 66.0 Å². The summed E-state index contributed by atoms with van der Waals surface area (Å²) in [5.41, 5.74) is 5.48. The first-order chi connectivity index (χ1) is 13.2. The average molecular weight is 365 g/mol. The first kappa shape index (κ1) is 19.7. The molecule has 2 heteroatoms. The van der Waals surface area contributed by atoms with Crippen LogP contribution in [0.25, 0.3) is 11.1 Å². The Hall–Kier alpha value is -2.09. The van der Waals surface area contributed by atoms with Crippen molar-refractivity contribution in [1.29, 1.82) is 0 Å². The molecule has 0 aliphatic heterocycles. The highest BCUT2D eigenvalue weighted by Gasteiger charge is 2.18. The van der Waals surface area contributed by atoms with Crippen molar-refractivity contribution < 1.29 is 9.53 Å². The fraction of sp³-hybridized carbons (Fsp3) is 0.480. The summed E-state index contributed by atoms with van der Waals surface area (Å²) in [5, 5.41) is 0. The summed E-state index contributed by atoms with van der Waals surface area (Å²) in [7, 11) is 0. The van der Waals surface area contributed by atoms with E-state index in [4.69, 9.17) is 4.74 Å². The summed E-state index contributed by atoms with van der Waals surface area (Å²) < 4.78 is 5.35. The molecule has 0 radical (unpaired) electrons. The number of fused-ring (bicyclic) bond motifs is 1. The number of carbonyl (C=O) groups excluding carboxylic acids is 1. The van der Waals surface area contributed by atoms with Gasteiger partial charge in [0.2, 0.25) is 0 Å². The topological polar surface area (TPSA) is 26.3 Å². The van der Waals surface area contributed by atoms with Crippen LogP contribution < -0.4 is 4.74 Å². The minimum Gasteiger partial charge on any atom is -0.427 e. The molecular formula is C25H32O2. The van der Waals surface area contributed by atoms with E-state index in [1.165, 1.54) is 67.2 Å². The Morgan fingerprint density at radius 1 is 0.963 bits per heavy atom. The maximum Gasteiger partial charge on any atom is 0.311 e. The number of aryl methyl sites for hydroxylation is 1. The predicted octanol–water partition coefficient (Wildman–Crippen LogP) is 6.74. The molecule has 144 valence electrons. The van der Waals surface area contributed by atoms with Crippen molar-refractivity contribution in [2.45, 2.75) is 71.6 Å². The lowest BCUT2D eigenvalue weighted by molar-refractivity contribution is -0.134. The third-order valence-electron chi connectivity index (χ3n) is 5.63. The molecule has 1 aliphatic carbocycles. The van der Waals surface area contributed by atoms with Crippen molar-refractivity contribution in [2.24, 2.45) is 5.92 Å². The smallest absolute Gasteiger partial charge is 0.311 e. The molecule has 1 aliphatic rings. The van der Waals surface area contributed by atoms with Gasteiger partial charge in [0.25, 0.3) is 0 Å². The van der Waals surface area contributed by atoms with Crippen LogP contribution in [0.1, 0.15) is 69.9 Å². The Morgan fingerprint density at radius 2 is 1.74 bits per heavy atom. The summed E-state index contributed by atoms with van der Waals surface area (Å²) in [6, 6.07) is 14.8. The van der Waals surface area contributed by atoms with Crippen LogP contribution in [0.15, 0.2) is 42.5 Å². The van der Waals surface area contributed by atoms with Gasteiger partial charge in [-0.25, -0.2) is 0 Å². The van der Waals surface area contributed by atoms with Crippen LogP contribution in [0.2, 0.25) is 0 Å². The Bertz CT molecular complexity index is 745. The molecule has 2 aromatic rings. The van der Waals surface area contributed by atoms with E-state index in [-0.39, 0.29) is 5.97 Å². The second-order valence-electron chi connectivity index (χ2n) is 7.84. The van der Waals surface area contributed by atoms with Crippen molar-refractivity contribution in [1.82, 2.24) is 0 Å². The molecule has 0 spiro atoms. The third-order valence-corrected chi connectivity index (χ3v) is 5.63. The van der Waals surface area contributed by atoms with Gasteiger partial charge in [0.15, 0.2) is 0 Å². The summed E-state index contributed by atoms with van der Waals surface area (Å²) in [4.78, 5) is 11.6. The van der Waals surface area contributed by atoms with Crippen LogP contribution in [-0.2, 0) is 17.6 Å². The maximum atomic E-state index is 11.6. The lowest BCUT2D eigenvalue weighted by Crippen LogP contribution is -2.14. The van der Waals surface area contributed by atoms with Crippen LogP contribution in [0.5, 0.6) is 5.75 Å². The average Bonchev–Trinajstić information content (AvgIpc) is 2.68. The van der Waals surface area contributed by atoms with Crippen LogP contribution >= 0.6 is 0 Å². The van der Waals surface area contributed by atoms with Gasteiger partial charge in [0.05, 0.1) is 0 Å². The van der Waals surface area contributed by atoms with E-state index in [0.717, 1.165) is 12.3 Å². The number of unbranched alkanes of at least 4 members (excludes halogenated alkanes) is 2. The van der Waals surface area contributed by atoms with Crippen molar-refractivity contribution in [3.05, 3.63) is 53.6 Å². The number of esters is 1. The number of carbonyl (C=O) groups is 1. The van der Waals surface area contributed by atoms with Crippen molar-refractivity contribution in [3.8, 4) is 16.9 Å². The molecule has 3 rings (SSSR count). The van der Waals surface area contributed by atoms with Crippen molar-refractivity contribution >= 4 is 5.97 Å². The molecule has 0 N–H and O–H groups in total. The Balaban J connectivity index is 1.64. The standard InChI is InChI=1S/C25H32O2/c1-3-5-6-8-19-9-10-23-18-22(12-11-21(23)17-19)20-13-15-24(16-14-20)27-25(26)7-4-2/h11-16,18-19H,3-10,17H2,1-2H3. The van der Waals surface area contributed by atoms with Crippen LogP contribution in [-0.4, -0.2) is 5.97 Å².